The number of aromatic nitrogens is 3. The largest absolute Gasteiger partial charge is 0.490 e. The molecule has 3 N–H and O–H groups in total. The minimum absolute atomic E-state index is 0.370. The number of anilines is 1. The number of alkyl halides is 6. The van der Waals surface area contributed by atoms with Crippen LogP contribution in [0.15, 0.2) is 30.5 Å². The molecule has 0 radical (unpaired) electrons. The fourth-order valence-corrected chi connectivity index (χ4v) is 3.96. The smallest absolute Gasteiger partial charge is 0.475 e. The Morgan fingerprint density at radius 1 is 1.11 bits per heavy atom. The van der Waals surface area contributed by atoms with Crippen molar-refractivity contribution in [2.24, 2.45) is 18.9 Å². The van der Waals surface area contributed by atoms with E-state index in [9.17, 15) is 26.3 Å². The molecule has 2 saturated heterocycles. The van der Waals surface area contributed by atoms with Crippen LogP contribution in [0.5, 0.6) is 0 Å². The van der Waals surface area contributed by atoms with Crippen molar-refractivity contribution in [3.63, 3.8) is 0 Å². The van der Waals surface area contributed by atoms with Crippen LogP contribution in [0.3, 0.4) is 0 Å². The number of hydrogen-bond acceptors (Lipinski definition) is 7. The van der Waals surface area contributed by atoms with Gasteiger partial charge in [-0.1, -0.05) is 6.07 Å². The van der Waals surface area contributed by atoms with Gasteiger partial charge in [-0.05, 0) is 25.1 Å². The highest BCUT2D eigenvalue weighted by atomic mass is 19.4. The Bertz CT molecular complexity index is 1040. The van der Waals surface area contributed by atoms with E-state index >= 15 is 0 Å². The number of halogens is 6. The van der Waals surface area contributed by atoms with Gasteiger partial charge < -0.3 is 20.3 Å². The van der Waals surface area contributed by atoms with Crippen LogP contribution < -0.4 is 5.32 Å². The first-order valence-electron chi connectivity index (χ1n) is 11.2. The molecule has 0 saturated carbocycles. The Balaban J connectivity index is 0.000000301. The Morgan fingerprint density at radius 2 is 1.71 bits per heavy atom. The average molecular weight is 555 g/mol. The number of carboxylic acid groups (broad SMARTS) is 2. The number of likely N-dealkylation sites (tertiary alicyclic amines) is 1. The van der Waals surface area contributed by atoms with E-state index in [-0.39, 0.29) is 0 Å². The van der Waals surface area contributed by atoms with E-state index in [4.69, 9.17) is 24.5 Å². The quantitative estimate of drug-likeness (QED) is 0.477. The molecule has 212 valence electrons. The van der Waals surface area contributed by atoms with Crippen LogP contribution in [0.1, 0.15) is 11.4 Å². The number of aryl methyl sites for hydroxylation is 2. The summed E-state index contributed by atoms with van der Waals surface area (Å²) in [5.41, 5.74) is 2.36. The highest BCUT2D eigenvalue weighted by Gasteiger charge is 2.43. The molecule has 0 aromatic carbocycles. The Morgan fingerprint density at radius 3 is 2.18 bits per heavy atom. The standard InChI is InChI=1S/C18H25N5O.2C2HF3O2/c1-13-7-15(22(2)21-13)9-23-10-16-14(12-24-17(16)11-23)8-20-18-5-3-4-6-19-18;2*3-2(4,5)1(6)7/h3-7,14,16-17H,8-12H2,1-2H3,(H,19,20);2*(H,6,7)/t14-,16-,17-;;/m1../s1. The third-order valence-electron chi connectivity index (χ3n) is 5.69. The second-order valence-electron chi connectivity index (χ2n) is 8.59. The van der Waals surface area contributed by atoms with Gasteiger partial charge in [-0.3, -0.25) is 9.58 Å². The van der Waals surface area contributed by atoms with Crippen LogP contribution in [0.25, 0.3) is 0 Å². The lowest BCUT2D eigenvalue weighted by atomic mass is 9.93. The van der Waals surface area contributed by atoms with Gasteiger partial charge in [0.25, 0.3) is 0 Å². The van der Waals surface area contributed by atoms with Crippen LogP contribution in [-0.2, 0) is 27.9 Å². The van der Waals surface area contributed by atoms with Crippen molar-refractivity contribution in [3.8, 4) is 0 Å². The van der Waals surface area contributed by atoms with Crippen LogP contribution in [0.4, 0.5) is 32.2 Å². The Hall–Kier alpha value is -3.40. The number of carboxylic acids is 2. The molecule has 2 aromatic rings. The van der Waals surface area contributed by atoms with E-state index in [1.165, 1.54) is 5.69 Å². The molecule has 0 bridgehead atoms. The summed E-state index contributed by atoms with van der Waals surface area (Å²) >= 11 is 0. The molecule has 4 heterocycles. The van der Waals surface area contributed by atoms with Crippen molar-refractivity contribution in [2.75, 3.05) is 31.6 Å². The first-order chi connectivity index (χ1) is 17.6. The van der Waals surface area contributed by atoms with E-state index in [2.05, 4.69) is 26.4 Å². The molecule has 4 rings (SSSR count). The summed E-state index contributed by atoms with van der Waals surface area (Å²) in [5.74, 6) is -3.41. The molecule has 38 heavy (non-hydrogen) atoms. The summed E-state index contributed by atoms with van der Waals surface area (Å²) in [5, 5.41) is 22.1. The van der Waals surface area contributed by atoms with Gasteiger partial charge in [0.15, 0.2) is 0 Å². The zero-order valence-electron chi connectivity index (χ0n) is 20.3. The fourth-order valence-electron chi connectivity index (χ4n) is 3.96. The normalized spacial score (nSPS) is 21.0. The lowest BCUT2D eigenvalue weighted by Crippen LogP contribution is -2.27. The zero-order chi connectivity index (χ0) is 28.7. The summed E-state index contributed by atoms with van der Waals surface area (Å²) in [7, 11) is 2.02. The molecule has 0 spiro atoms. The van der Waals surface area contributed by atoms with Gasteiger partial charge in [0, 0.05) is 51.3 Å². The molecule has 0 aliphatic carbocycles. The number of fused-ring (bicyclic) bond motifs is 1. The van der Waals surface area contributed by atoms with Gasteiger partial charge in [0.1, 0.15) is 5.82 Å². The Kier molecular flexibility index (Phi) is 10.5. The lowest BCUT2D eigenvalue weighted by molar-refractivity contribution is -0.193. The Labute approximate surface area is 213 Å². The molecule has 2 aliphatic heterocycles. The molecular formula is C22H27F6N5O5. The number of pyridine rings is 1. The maximum atomic E-state index is 10.6. The lowest BCUT2D eigenvalue weighted by Gasteiger charge is -2.20. The highest BCUT2D eigenvalue weighted by molar-refractivity contribution is 5.73. The number of rotatable bonds is 5. The van der Waals surface area contributed by atoms with Crippen molar-refractivity contribution in [2.45, 2.75) is 31.9 Å². The van der Waals surface area contributed by atoms with Crippen molar-refractivity contribution >= 4 is 17.8 Å². The SMILES string of the molecule is Cc1cc(CN2C[C@@H]3[C@H](CNc4ccccn4)CO[C@@H]3C2)n(C)n1.O=C(O)C(F)(F)F.O=C(O)C(F)(F)F. The van der Waals surface area contributed by atoms with Crippen LogP contribution >= 0.6 is 0 Å². The molecule has 2 aliphatic rings. The van der Waals surface area contributed by atoms with E-state index in [1.807, 2.05) is 43.0 Å². The average Bonchev–Trinajstić information content (AvgIpc) is 3.47. The molecule has 3 atom stereocenters. The molecule has 0 unspecified atom stereocenters. The molecular weight excluding hydrogens is 528 g/mol. The molecule has 16 heteroatoms. The number of ether oxygens (including phenoxy) is 1. The van der Waals surface area contributed by atoms with Crippen LogP contribution in [0.2, 0.25) is 0 Å². The number of hydrogen-bond donors (Lipinski definition) is 3. The highest BCUT2D eigenvalue weighted by Crippen LogP contribution is 2.34. The molecule has 10 nitrogen and oxygen atoms in total. The minimum Gasteiger partial charge on any atom is -0.475 e. The van der Waals surface area contributed by atoms with E-state index < -0.39 is 24.3 Å². The van der Waals surface area contributed by atoms with Crippen molar-refractivity contribution < 1.29 is 50.9 Å². The monoisotopic (exact) mass is 555 g/mol. The summed E-state index contributed by atoms with van der Waals surface area (Å²) in [6.45, 7) is 6.90. The predicted molar refractivity (Wildman–Crippen MR) is 120 cm³/mol. The topological polar surface area (TPSA) is 130 Å². The molecule has 2 aromatic heterocycles. The van der Waals surface area contributed by atoms with Gasteiger partial charge in [0.2, 0.25) is 0 Å². The van der Waals surface area contributed by atoms with Gasteiger partial charge in [0.05, 0.1) is 24.1 Å². The van der Waals surface area contributed by atoms with Gasteiger partial charge in [-0.15, -0.1) is 0 Å². The van der Waals surface area contributed by atoms with Crippen LogP contribution in [-0.4, -0.2) is 86.5 Å². The molecule has 0 amide bonds. The number of aliphatic carboxylic acids is 2. The molecule has 2 fully saturated rings. The number of nitrogens with one attached hydrogen (secondary N) is 1. The fraction of sp³-hybridized carbons (Fsp3) is 0.545. The summed E-state index contributed by atoms with van der Waals surface area (Å²) in [6.07, 6.45) is -7.97. The third-order valence-corrected chi connectivity index (χ3v) is 5.69. The first kappa shape index (κ1) is 30.8. The van der Waals surface area contributed by atoms with E-state index in [0.717, 1.165) is 44.3 Å². The second-order valence-corrected chi connectivity index (χ2v) is 8.59. The second kappa shape index (κ2) is 12.9. The summed E-state index contributed by atoms with van der Waals surface area (Å²) in [4.78, 5) is 24.6. The number of nitrogens with zero attached hydrogens (tertiary/aromatic N) is 4. The van der Waals surface area contributed by atoms with Crippen LogP contribution in [0, 0.1) is 18.8 Å². The zero-order valence-corrected chi connectivity index (χ0v) is 20.3. The minimum atomic E-state index is -5.08. The van der Waals surface area contributed by atoms with Gasteiger partial charge in [-0.2, -0.15) is 31.4 Å². The maximum Gasteiger partial charge on any atom is 0.490 e. The third kappa shape index (κ3) is 9.48. The van der Waals surface area contributed by atoms with E-state index in [1.54, 1.807) is 0 Å². The maximum absolute atomic E-state index is 10.6. The van der Waals surface area contributed by atoms with Crippen molar-refractivity contribution in [1.29, 1.82) is 0 Å². The van der Waals surface area contributed by atoms with Crippen molar-refractivity contribution in [3.05, 3.63) is 41.9 Å². The summed E-state index contributed by atoms with van der Waals surface area (Å²) in [6, 6.07) is 8.14. The van der Waals surface area contributed by atoms with Gasteiger partial charge in [-0.25, -0.2) is 14.6 Å². The van der Waals surface area contributed by atoms with Gasteiger partial charge >= 0.3 is 24.3 Å². The first-order valence-corrected chi connectivity index (χ1v) is 11.2. The van der Waals surface area contributed by atoms with E-state index in [0.29, 0.717) is 17.9 Å². The number of carbonyl (C=O) groups is 2. The predicted octanol–water partition coefficient (Wildman–Crippen LogP) is 2.95. The summed E-state index contributed by atoms with van der Waals surface area (Å²) < 4.78 is 71.5. The van der Waals surface area contributed by atoms with Crippen molar-refractivity contribution in [1.82, 2.24) is 19.7 Å².